The zero-order valence-corrected chi connectivity index (χ0v) is 23.1. The lowest BCUT2D eigenvalue weighted by Crippen LogP contribution is -2.40. The largest absolute Gasteiger partial charge is 0.493 e. The fourth-order valence-electron chi connectivity index (χ4n) is 5.86. The maximum absolute atomic E-state index is 16.0. The van der Waals surface area contributed by atoms with Crippen LogP contribution < -0.4 is 15.3 Å². The number of fused-ring (bicyclic) bond motifs is 6. The number of nitrogens with zero attached hydrogens (tertiary/aromatic N) is 5. The number of aryl methyl sites for hydroxylation is 1. The third-order valence-corrected chi connectivity index (χ3v) is 7.95. The molecule has 2 aliphatic heterocycles. The molecule has 0 spiro atoms. The molecule has 208 valence electrons. The van der Waals surface area contributed by atoms with Crippen molar-refractivity contribution in [2.45, 2.75) is 71.3 Å². The lowest BCUT2D eigenvalue weighted by molar-refractivity contribution is 0.306. The molecule has 0 amide bonds. The average molecular weight is 546 g/mol. The van der Waals surface area contributed by atoms with Gasteiger partial charge in [-0.2, -0.15) is 4.98 Å². The van der Waals surface area contributed by atoms with Crippen molar-refractivity contribution in [3.05, 3.63) is 69.9 Å². The van der Waals surface area contributed by atoms with Gasteiger partial charge in [-0.1, -0.05) is 19.9 Å². The molecule has 2 aliphatic rings. The zero-order valence-electron chi connectivity index (χ0n) is 23.1. The molecule has 6 rings (SSSR count). The Kier molecular flexibility index (Phi) is 6.98. The van der Waals surface area contributed by atoms with E-state index in [1.165, 1.54) is 22.8 Å². The number of piperidine rings is 1. The number of pyridine rings is 2. The summed E-state index contributed by atoms with van der Waals surface area (Å²) in [4.78, 5) is 30.0. The van der Waals surface area contributed by atoms with Crippen molar-refractivity contribution in [2.24, 2.45) is 0 Å². The van der Waals surface area contributed by atoms with E-state index in [4.69, 9.17) is 14.7 Å². The third kappa shape index (κ3) is 4.61. The predicted octanol–water partition coefficient (Wildman–Crippen LogP) is 6.34. The summed E-state index contributed by atoms with van der Waals surface area (Å²) in [5.41, 5.74) is 1.69. The summed E-state index contributed by atoms with van der Waals surface area (Å²) in [6.45, 7) is 7.16. The Morgan fingerprint density at radius 3 is 2.70 bits per heavy atom. The van der Waals surface area contributed by atoms with Gasteiger partial charge in [0.2, 0.25) is 0 Å². The lowest BCUT2D eigenvalue weighted by Gasteiger charge is -2.35. The van der Waals surface area contributed by atoms with Gasteiger partial charge in [-0.15, -0.1) is 0 Å². The van der Waals surface area contributed by atoms with E-state index < -0.39 is 17.3 Å². The Balaban J connectivity index is 1.74. The molecule has 0 saturated carbocycles. The molecular formula is C31H33F2N5O2. The average Bonchev–Trinajstić information content (AvgIpc) is 2.92. The number of ether oxygens (including phenoxy) is 1. The van der Waals surface area contributed by atoms with Crippen molar-refractivity contribution in [3.63, 3.8) is 0 Å². The quantitative estimate of drug-likeness (QED) is 0.293. The van der Waals surface area contributed by atoms with Gasteiger partial charge >= 0.3 is 5.69 Å². The molecule has 40 heavy (non-hydrogen) atoms. The van der Waals surface area contributed by atoms with E-state index in [9.17, 15) is 4.79 Å². The molecule has 4 bridgehead atoms. The Morgan fingerprint density at radius 1 is 1.05 bits per heavy atom. The van der Waals surface area contributed by atoms with Gasteiger partial charge in [0.15, 0.2) is 11.5 Å². The topological polar surface area (TPSA) is 73.1 Å². The summed E-state index contributed by atoms with van der Waals surface area (Å²) in [6.07, 6.45) is 7.06. The number of aromatic nitrogens is 4. The highest BCUT2D eigenvalue weighted by Gasteiger charge is 2.28. The summed E-state index contributed by atoms with van der Waals surface area (Å²) in [6, 6.07) is 7.85. The van der Waals surface area contributed by atoms with Gasteiger partial charge in [0.1, 0.15) is 23.1 Å². The normalized spacial score (nSPS) is 17.6. The smallest absolute Gasteiger partial charge is 0.355 e. The van der Waals surface area contributed by atoms with Crippen LogP contribution in [0.25, 0.3) is 28.0 Å². The van der Waals surface area contributed by atoms with Crippen LogP contribution in [-0.2, 0) is 6.42 Å². The molecular weight excluding hydrogens is 512 g/mol. The van der Waals surface area contributed by atoms with Gasteiger partial charge < -0.3 is 9.64 Å². The second-order valence-electron chi connectivity index (χ2n) is 11.1. The second kappa shape index (κ2) is 10.6. The van der Waals surface area contributed by atoms with Gasteiger partial charge in [-0.05, 0) is 81.2 Å². The molecule has 0 radical (unpaired) electrons. The van der Waals surface area contributed by atoms with Crippen LogP contribution in [0.4, 0.5) is 14.6 Å². The van der Waals surface area contributed by atoms with Crippen LogP contribution >= 0.6 is 0 Å². The van der Waals surface area contributed by atoms with Gasteiger partial charge in [-0.25, -0.2) is 23.1 Å². The first-order chi connectivity index (χ1) is 19.3. The molecule has 5 heterocycles. The van der Waals surface area contributed by atoms with Crippen LogP contribution in [0.1, 0.15) is 70.1 Å². The Morgan fingerprint density at radius 2 is 1.90 bits per heavy atom. The number of rotatable bonds is 2. The van der Waals surface area contributed by atoms with Crippen molar-refractivity contribution in [1.29, 1.82) is 0 Å². The van der Waals surface area contributed by atoms with Crippen molar-refractivity contribution in [1.82, 2.24) is 19.5 Å². The molecule has 1 aromatic carbocycles. The Labute approximate surface area is 231 Å². The second-order valence-corrected chi connectivity index (χ2v) is 11.1. The van der Waals surface area contributed by atoms with Crippen molar-refractivity contribution in [2.75, 3.05) is 18.1 Å². The minimum atomic E-state index is -0.705. The highest BCUT2D eigenvalue weighted by Crippen LogP contribution is 2.37. The SMILES string of the molecule is CC(C)c1ncc2cc1-n1c(=O)nc(N3CCCC[C@@H]3C)c3cc(F)c(nc31)-c1c(F)cccc1OCCCC2. The number of hydrogen-bond acceptors (Lipinski definition) is 6. The summed E-state index contributed by atoms with van der Waals surface area (Å²) >= 11 is 0. The fourth-order valence-corrected chi connectivity index (χ4v) is 5.86. The van der Waals surface area contributed by atoms with E-state index >= 15 is 8.78 Å². The molecule has 0 N–H and O–H groups in total. The van der Waals surface area contributed by atoms with E-state index in [0.717, 1.165) is 37.7 Å². The highest BCUT2D eigenvalue weighted by atomic mass is 19.1. The Hall–Kier alpha value is -3.88. The first kappa shape index (κ1) is 26.3. The van der Waals surface area contributed by atoms with Crippen molar-refractivity contribution < 1.29 is 13.5 Å². The number of hydrogen-bond donors (Lipinski definition) is 0. The van der Waals surface area contributed by atoms with Crippen molar-refractivity contribution in [3.8, 4) is 22.7 Å². The third-order valence-electron chi connectivity index (χ3n) is 7.95. The van der Waals surface area contributed by atoms with Gasteiger partial charge in [-0.3, -0.25) is 4.98 Å². The maximum Gasteiger partial charge on any atom is 0.355 e. The van der Waals surface area contributed by atoms with E-state index in [0.29, 0.717) is 42.2 Å². The van der Waals surface area contributed by atoms with Crippen molar-refractivity contribution >= 4 is 16.9 Å². The van der Waals surface area contributed by atoms with Crippen LogP contribution in [0.2, 0.25) is 0 Å². The zero-order chi connectivity index (χ0) is 28.0. The van der Waals surface area contributed by atoms with E-state index in [-0.39, 0.29) is 34.6 Å². The Bertz CT molecular complexity index is 1650. The first-order valence-electron chi connectivity index (χ1n) is 14.1. The number of anilines is 1. The monoisotopic (exact) mass is 545 g/mol. The molecule has 9 heteroatoms. The molecule has 1 saturated heterocycles. The first-order valence-corrected chi connectivity index (χ1v) is 14.1. The summed E-state index contributed by atoms with van der Waals surface area (Å²) < 4.78 is 38.7. The number of halogens is 2. The van der Waals surface area contributed by atoms with E-state index in [1.807, 2.05) is 26.1 Å². The van der Waals surface area contributed by atoms with Gasteiger partial charge in [0.25, 0.3) is 0 Å². The van der Waals surface area contributed by atoms with Crippen LogP contribution in [0.15, 0.2) is 41.3 Å². The minimum Gasteiger partial charge on any atom is -0.493 e. The van der Waals surface area contributed by atoms with Crippen LogP contribution in [0.5, 0.6) is 5.75 Å². The standard InChI is InChI=1S/C31H33F2N5O2/c1-18(2)27-24-15-20(17-34-27)10-5-7-14-40-25-12-8-11-22(32)26(25)28-23(33)16-21-29(37-13-6-4-9-19(37)3)36-31(39)38(24)30(21)35-28/h8,11-12,15-19H,4-7,9-10,13-14H2,1-3H3/t19-/m0/s1. The summed E-state index contributed by atoms with van der Waals surface area (Å²) in [7, 11) is 0. The predicted molar refractivity (Wildman–Crippen MR) is 151 cm³/mol. The van der Waals surface area contributed by atoms with E-state index in [1.54, 1.807) is 6.07 Å². The minimum absolute atomic E-state index is 0.00170. The molecule has 7 nitrogen and oxygen atoms in total. The molecule has 1 atom stereocenters. The maximum atomic E-state index is 16.0. The molecule has 4 aromatic rings. The molecule has 0 unspecified atom stereocenters. The van der Waals surface area contributed by atoms with Gasteiger partial charge in [0, 0.05) is 18.8 Å². The summed E-state index contributed by atoms with van der Waals surface area (Å²) in [5.74, 6) is -0.724. The van der Waals surface area contributed by atoms with Crippen LogP contribution in [-0.4, -0.2) is 38.7 Å². The van der Waals surface area contributed by atoms with E-state index in [2.05, 4.69) is 16.8 Å². The number of benzene rings is 1. The van der Waals surface area contributed by atoms with Gasteiger partial charge in [0.05, 0.1) is 28.9 Å². The summed E-state index contributed by atoms with van der Waals surface area (Å²) in [5, 5.41) is 0.403. The molecule has 3 aromatic heterocycles. The van der Waals surface area contributed by atoms with Crippen LogP contribution in [0, 0.1) is 11.6 Å². The lowest BCUT2D eigenvalue weighted by atomic mass is 10.0. The molecule has 1 fully saturated rings. The molecule has 0 aliphatic carbocycles. The highest BCUT2D eigenvalue weighted by molar-refractivity contribution is 5.91. The fraction of sp³-hybridized carbons (Fsp3) is 0.419. The van der Waals surface area contributed by atoms with Crippen LogP contribution in [0.3, 0.4) is 0 Å².